The van der Waals surface area contributed by atoms with Crippen molar-refractivity contribution in [1.82, 2.24) is 19.9 Å². The van der Waals surface area contributed by atoms with Crippen molar-refractivity contribution in [2.24, 2.45) is 0 Å². The highest BCUT2D eigenvalue weighted by Gasteiger charge is 2.02. The predicted octanol–water partition coefficient (Wildman–Crippen LogP) is -1.06. The van der Waals surface area contributed by atoms with Gasteiger partial charge >= 0.3 is 11.4 Å². The molecule has 0 bridgehead atoms. The molecular formula is C6H4ClN5O3. The van der Waals surface area contributed by atoms with Crippen LogP contribution < -0.4 is 16.9 Å². The number of imidazole rings is 1. The number of nitriles is 1. The zero-order valence-corrected chi connectivity index (χ0v) is 7.81. The molecule has 0 fully saturated rings. The van der Waals surface area contributed by atoms with Gasteiger partial charge in [-0.15, -0.1) is 0 Å². The second-order valence-corrected chi connectivity index (χ2v) is 2.49. The van der Waals surface area contributed by atoms with Crippen molar-refractivity contribution in [2.45, 2.75) is 0 Å². The second-order valence-electron chi connectivity index (χ2n) is 2.32. The maximum absolute atomic E-state index is 10.9. The number of nitrogens with zero attached hydrogens (tertiary/aromatic N) is 1. The van der Waals surface area contributed by atoms with Crippen LogP contribution in [0.5, 0.6) is 0 Å². The number of fused-ring (bicyclic) bond motifs is 1. The summed E-state index contributed by atoms with van der Waals surface area (Å²) >= 11 is 4.30. The first-order chi connectivity index (χ1) is 7.08. The molecule has 8 nitrogen and oxygen atoms in total. The van der Waals surface area contributed by atoms with Gasteiger partial charge in [0, 0.05) is 11.6 Å². The zero-order chi connectivity index (χ0) is 11.4. The third-order valence-electron chi connectivity index (χ3n) is 1.42. The lowest BCUT2D eigenvalue weighted by Crippen LogP contribution is -2.21. The zero-order valence-electron chi connectivity index (χ0n) is 7.05. The van der Waals surface area contributed by atoms with E-state index >= 15 is 0 Å². The number of H-pyrrole nitrogens is 4. The summed E-state index contributed by atoms with van der Waals surface area (Å²) < 4.78 is 0. The van der Waals surface area contributed by atoms with Crippen LogP contribution >= 0.6 is 11.6 Å². The molecular weight excluding hydrogens is 226 g/mol. The number of hydrogen-bond acceptors (Lipinski definition) is 4. The Hall–Kier alpha value is -2.27. The highest BCUT2D eigenvalue weighted by Crippen LogP contribution is 1.88. The average Bonchev–Trinajstić information content (AvgIpc) is 2.47. The monoisotopic (exact) mass is 229 g/mol. The molecule has 0 atom stereocenters. The third kappa shape index (κ3) is 2.35. The highest BCUT2D eigenvalue weighted by atomic mass is 35.5. The van der Waals surface area contributed by atoms with Gasteiger partial charge in [-0.2, -0.15) is 5.26 Å². The number of nitrogens with one attached hydrogen (secondary N) is 4. The van der Waals surface area contributed by atoms with E-state index in [2.05, 4.69) is 26.6 Å². The van der Waals surface area contributed by atoms with Crippen molar-refractivity contribution in [1.29, 1.82) is 5.26 Å². The molecule has 0 aliphatic carbocycles. The minimum Gasteiger partial charge on any atom is -0.300 e. The van der Waals surface area contributed by atoms with Crippen LogP contribution in [0.1, 0.15) is 0 Å². The van der Waals surface area contributed by atoms with Gasteiger partial charge in [0.2, 0.25) is 0 Å². The average molecular weight is 230 g/mol. The Morgan fingerprint density at radius 3 is 2.00 bits per heavy atom. The van der Waals surface area contributed by atoms with E-state index in [1.807, 2.05) is 4.98 Å². The standard InChI is InChI=1S/C5H4N4O3.CClN/c10-3-1-2(7-4(11)6-1)8-5(12)9-3;2-1-3/h(H4,6,7,8,9,10,11,12);. The van der Waals surface area contributed by atoms with E-state index in [0.29, 0.717) is 0 Å². The Balaban J connectivity index is 0.000000337. The molecule has 0 aromatic carbocycles. The van der Waals surface area contributed by atoms with Crippen LogP contribution in [-0.2, 0) is 0 Å². The molecule has 0 aliphatic rings. The Labute approximate surface area is 85.5 Å². The lowest BCUT2D eigenvalue weighted by molar-refractivity contribution is 1.07. The first kappa shape index (κ1) is 10.8. The molecule has 2 rings (SSSR count). The van der Waals surface area contributed by atoms with E-state index < -0.39 is 16.9 Å². The van der Waals surface area contributed by atoms with E-state index in [1.54, 1.807) is 0 Å². The van der Waals surface area contributed by atoms with E-state index in [1.165, 1.54) is 5.53 Å². The Bertz CT molecular complexity index is 669. The number of aromatic nitrogens is 4. The van der Waals surface area contributed by atoms with Gasteiger partial charge in [-0.05, 0) is 0 Å². The molecule has 78 valence electrons. The summed E-state index contributed by atoms with van der Waals surface area (Å²) in [6.45, 7) is 0. The first-order valence-corrected chi connectivity index (χ1v) is 3.90. The number of rotatable bonds is 0. The topological polar surface area (TPSA) is 138 Å². The Morgan fingerprint density at radius 1 is 1.00 bits per heavy atom. The number of aromatic amines is 4. The van der Waals surface area contributed by atoms with Crippen molar-refractivity contribution in [2.75, 3.05) is 0 Å². The fraction of sp³-hybridized carbons (Fsp3) is 0. The minimum atomic E-state index is -0.650. The number of hydrogen-bond donors (Lipinski definition) is 4. The van der Waals surface area contributed by atoms with Crippen LogP contribution in [0.3, 0.4) is 0 Å². The summed E-state index contributed by atoms with van der Waals surface area (Å²) in [5.74, 6) is 0. The lowest BCUT2D eigenvalue weighted by Gasteiger charge is -1.83. The van der Waals surface area contributed by atoms with Gasteiger partial charge in [-0.25, -0.2) is 9.59 Å². The van der Waals surface area contributed by atoms with Crippen LogP contribution in [0, 0.1) is 10.8 Å². The molecule has 0 spiro atoms. The van der Waals surface area contributed by atoms with Gasteiger partial charge < -0.3 is 0 Å². The van der Waals surface area contributed by atoms with Gasteiger partial charge in [0.1, 0.15) is 11.2 Å². The maximum Gasteiger partial charge on any atom is 0.327 e. The molecule has 0 amide bonds. The SMILES string of the molecule is N#CCl.O=c1[nH]c(=O)c2[nH]c(=O)[nH]c2[nH]1. The molecule has 0 saturated carbocycles. The summed E-state index contributed by atoms with van der Waals surface area (Å²) in [4.78, 5) is 41.0. The smallest absolute Gasteiger partial charge is 0.300 e. The summed E-state index contributed by atoms with van der Waals surface area (Å²) in [7, 11) is 0. The molecule has 2 aromatic rings. The molecule has 9 heteroatoms. The minimum absolute atomic E-state index is 0.0413. The van der Waals surface area contributed by atoms with E-state index in [9.17, 15) is 14.4 Å². The molecule has 4 N–H and O–H groups in total. The molecule has 0 radical (unpaired) electrons. The van der Waals surface area contributed by atoms with Crippen LogP contribution in [0.4, 0.5) is 0 Å². The fourth-order valence-electron chi connectivity index (χ4n) is 0.958. The van der Waals surface area contributed by atoms with Crippen molar-refractivity contribution in [3.63, 3.8) is 0 Å². The van der Waals surface area contributed by atoms with E-state index in [-0.39, 0.29) is 11.2 Å². The van der Waals surface area contributed by atoms with Crippen LogP contribution in [0.15, 0.2) is 14.4 Å². The fourth-order valence-corrected chi connectivity index (χ4v) is 0.958. The summed E-state index contributed by atoms with van der Waals surface area (Å²) in [6, 6.07) is 0. The lowest BCUT2D eigenvalue weighted by atomic mass is 10.5. The highest BCUT2D eigenvalue weighted by molar-refractivity contribution is 6.28. The molecule has 0 saturated heterocycles. The quantitative estimate of drug-likeness (QED) is 0.457. The maximum atomic E-state index is 10.9. The number of halogens is 1. The van der Waals surface area contributed by atoms with Crippen LogP contribution in [-0.4, -0.2) is 19.9 Å². The van der Waals surface area contributed by atoms with Gasteiger partial charge in [0.15, 0.2) is 5.53 Å². The summed E-state index contributed by atoms with van der Waals surface area (Å²) in [5.41, 5.74) is -0.430. The largest absolute Gasteiger partial charge is 0.327 e. The van der Waals surface area contributed by atoms with Crippen LogP contribution in [0.2, 0.25) is 0 Å². The van der Waals surface area contributed by atoms with Gasteiger partial charge in [0.05, 0.1) is 0 Å². The normalized spacial score (nSPS) is 9.07. The van der Waals surface area contributed by atoms with E-state index in [0.717, 1.165) is 0 Å². The molecule has 0 unspecified atom stereocenters. The van der Waals surface area contributed by atoms with Crippen molar-refractivity contribution in [3.05, 3.63) is 31.3 Å². The molecule has 15 heavy (non-hydrogen) atoms. The second kappa shape index (κ2) is 4.30. The van der Waals surface area contributed by atoms with Gasteiger partial charge in [-0.3, -0.25) is 24.7 Å². The molecule has 2 aromatic heterocycles. The van der Waals surface area contributed by atoms with Gasteiger partial charge in [-0.1, -0.05) is 0 Å². The van der Waals surface area contributed by atoms with Crippen molar-refractivity contribution < 1.29 is 0 Å². The summed E-state index contributed by atoms with van der Waals surface area (Å²) in [5, 5.41) is 7.08. The summed E-state index contributed by atoms with van der Waals surface area (Å²) in [6.07, 6.45) is 0. The van der Waals surface area contributed by atoms with Crippen LogP contribution in [0.25, 0.3) is 11.2 Å². The predicted molar refractivity (Wildman–Crippen MR) is 51.6 cm³/mol. The van der Waals surface area contributed by atoms with Crippen molar-refractivity contribution in [3.8, 4) is 5.53 Å². The molecule has 0 aliphatic heterocycles. The van der Waals surface area contributed by atoms with Crippen molar-refractivity contribution >= 4 is 22.8 Å². The van der Waals surface area contributed by atoms with Gasteiger partial charge in [0.25, 0.3) is 5.56 Å². The van der Waals surface area contributed by atoms with E-state index in [4.69, 9.17) is 5.26 Å². The Kier molecular flexibility index (Phi) is 3.10. The molecule has 2 heterocycles. The first-order valence-electron chi connectivity index (χ1n) is 3.52. The third-order valence-corrected chi connectivity index (χ3v) is 1.42. The Morgan fingerprint density at radius 2 is 1.47 bits per heavy atom.